The van der Waals surface area contributed by atoms with E-state index in [-0.39, 0.29) is 0 Å². The minimum absolute atomic E-state index is 0.761. The highest BCUT2D eigenvalue weighted by Gasteiger charge is 2.21. The molecule has 2 heteroatoms. The monoisotopic (exact) mass is 212 g/mol. The molecule has 1 heterocycles. The Hall–Kier alpha value is 0.180. The fourth-order valence-electron chi connectivity index (χ4n) is 1.80. The highest BCUT2D eigenvalue weighted by Crippen LogP contribution is 2.32. The van der Waals surface area contributed by atoms with Crippen LogP contribution in [0.1, 0.15) is 13.3 Å². The van der Waals surface area contributed by atoms with Gasteiger partial charge in [0.2, 0.25) is 0 Å². The van der Waals surface area contributed by atoms with Gasteiger partial charge in [-0.1, -0.05) is 23.8 Å². The second-order valence-corrected chi connectivity index (χ2v) is 6.13. The average Bonchev–Trinajstić information content (AvgIpc) is 2.08. The fraction of sp³-hybridized carbons (Fsp3) is 0.636. The first-order chi connectivity index (χ1) is 6.36. The lowest BCUT2D eigenvalue weighted by molar-refractivity contribution is 0.752. The molecule has 0 saturated carbocycles. The van der Waals surface area contributed by atoms with Gasteiger partial charge in [0, 0.05) is 16.9 Å². The van der Waals surface area contributed by atoms with Gasteiger partial charge in [-0.3, -0.25) is 0 Å². The molecule has 1 aliphatic carbocycles. The topological polar surface area (TPSA) is 0 Å². The second kappa shape index (κ2) is 4.61. The lowest BCUT2D eigenvalue weighted by atomic mass is 9.98. The van der Waals surface area contributed by atoms with Crippen molar-refractivity contribution in [1.29, 1.82) is 0 Å². The fourth-order valence-corrected chi connectivity index (χ4v) is 4.39. The minimum Gasteiger partial charge on any atom is -0.161 e. The molecule has 2 aliphatic rings. The molecule has 72 valence electrons. The third-order valence-electron chi connectivity index (χ3n) is 2.50. The Morgan fingerprint density at radius 2 is 2.31 bits per heavy atom. The van der Waals surface area contributed by atoms with Crippen molar-refractivity contribution in [2.24, 2.45) is 5.92 Å². The molecule has 0 nitrogen and oxygen atoms in total. The van der Waals surface area contributed by atoms with Crippen LogP contribution in [0.2, 0.25) is 0 Å². The van der Waals surface area contributed by atoms with Crippen LogP contribution in [0.5, 0.6) is 0 Å². The average molecular weight is 212 g/mol. The normalized spacial score (nSPS) is 34.4. The highest BCUT2D eigenvalue weighted by molar-refractivity contribution is 8.01. The van der Waals surface area contributed by atoms with E-state index in [0.717, 1.165) is 11.2 Å². The number of thioether (sulfide) groups is 2. The Morgan fingerprint density at radius 1 is 1.38 bits per heavy atom. The Morgan fingerprint density at radius 3 is 3.23 bits per heavy atom. The molecule has 0 radical (unpaired) electrons. The molecule has 2 unspecified atom stereocenters. The molecule has 2 rings (SSSR count). The van der Waals surface area contributed by atoms with Crippen LogP contribution in [0.15, 0.2) is 23.8 Å². The number of fused-ring (bicyclic) bond motifs is 1. The van der Waals surface area contributed by atoms with Gasteiger partial charge in [0.25, 0.3) is 0 Å². The van der Waals surface area contributed by atoms with Gasteiger partial charge < -0.3 is 0 Å². The first-order valence-electron chi connectivity index (χ1n) is 4.92. The van der Waals surface area contributed by atoms with Crippen LogP contribution in [0, 0.1) is 5.92 Å². The summed E-state index contributed by atoms with van der Waals surface area (Å²) in [6, 6.07) is 0. The first kappa shape index (κ1) is 9.72. The van der Waals surface area contributed by atoms with Crippen molar-refractivity contribution >= 4 is 23.5 Å². The van der Waals surface area contributed by atoms with Crippen LogP contribution in [0.3, 0.4) is 0 Å². The van der Waals surface area contributed by atoms with Gasteiger partial charge in [-0.2, -0.15) is 23.5 Å². The van der Waals surface area contributed by atoms with Crippen molar-refractivity contribution in [2.75, 3.05) is 17.3 Å². The van der Waals surface area contributed by atoms with Crippen LogP contribution < -0.4 is 0 Å². The summed E-state index contributed by atoms with van der Waals surface area (Å²) in [7, 11) is 0. The highest BCUT2D eigenvalue weighted by atomic mass is 32.2. The second-order valence-electron chi connectivity index (χ2n) is 3.70. The molecule has 0 aromatic rings. The Balaban J connectivity index is 2.05. The molecular weight excluding hydrogens is 196 g/mol. The van der Waals surface area contributed by atoms with Gasteiger partial charge in [0.15, 0.2) is 0 Å². The zero-order valence-corrected chi connectivity index (χ0v) is 9.66. The van der Waals surface area contributed by atoms with Crippen LogP contribution in [0.25, 0.3) is 0 Å². The van der Waals surface area contributed by atoms with E-state index in [1.54, 1.807) is 0 Å². The zero-order chi connectivity index (χ0) is 9.10. The number of hydrogen-bond donors (Lipinski definition) is 0. The third kappa shape index (κ3) is 2.57. The van der Waals surface area contributed by atoms with Crippen LogP contribution >= 0.6 is 23.5 Å². The Bertz CT molecular complexity index is 230. The summed E-state index contributed by atoms with van der Waals surface area (Å²) in [4.78, 5) is 0. The summed E-state index contributed by atoms with van der Waals surface area (Å²) in [5.41, 5.74) is 1.45. The first-order valence-corrected chi connectivity index (χ1v) is 7.12. The largest absolute Gasteiger partial charge is 0.161 e. The molecule has 0 aromatic carbocycles. The Kier molecular flexibility index (Phi) is 3.45. The van der Waals surface area contributed by atoms with E-state index < -0.39 is 0 Å². The predicted octanol–water partition coefficient (Wildman–Crippen LogP) is 3.36. The van der Waals surface area contributed by atoms with Gasteiger partial charge in [-0.05, 0) is 24.9 Å². The molecule has 0 N–H and O–H groups in total. The van der Waals surface area contributed by atoms with E-state index in [0.29, 0.717) is 0 Å². The molecule has 1 saturated heterocycles. The summed E-state index contributed by atoms with van der Waals surface area (Å²) in [6.07, 6.45) is 8.52. The van der Waals surface area contributed by atoms with Gasteiger partial charge in [0.05, 0.1) is 0 Å². The van der Waals surface area contributed by atoms with Gasteiger partial charge in [-0.25, -0.2) is 0 Å². The smallest absolute Gasteiger partial charge is 0.0301 e. The summed E-state index contributed by atoms with van der Waals surface area (Å²) in [5.74, 6) is 4.80. The molecule has 0 bridgehead atoms. The third-order valence-corrected chi connectivity index (χ3v) is 5.12. The maximum absolute atomic E-state index is 2.45. The van der Waals surface area contributed by atoms with E-state index >= 15 is 0 Å². The van der Waals surface area contributed by atoms with E-state index in [1.807, 2.05) is 0 Å². The van der Waals surface area contributed by atoms with Crippen molar-refractivity contribution in [2.45, 2.75) is 18.6 Å². The van der Waals surface area contributed by atoms with E-state index in [1.165, 1.54) is 29.3 Å². The number of allylic oxidation sites excluding steroid dienone is 3. The standard InChI is InChI=1S/C11H16S2/c1-9-3-4-11-10(7-9)8-12-5-2-6-13-11/h3-4,7,10-11H,2,5-6,8H2,1H3. The molecule has 13 heavy (non-hydrogen) atoms. The summed E-state index contributed by atoms with van der Waals surface area (Å²) in [6.45, 7) is 2.21. The van der Waals surface area contributed by atoms with E-state index in [2.05, 4.69) is 48.7 Å². The van der Waals surface area contributed by atoms with Crippen LogP contribution in [-0.2, 0) is 0 Å². The molecule has 1 aliphatic heterocycles. The van der Waals surface area contributed by atoms with Crippen molar-refractivity contribution in [3.63, 3.8) is 0 Å². The zero-order valence-electron chi connectivity index (χ0n) is 8.03. The summed E-state index contributed by atoms with van der Waals surface area (Å²) >= 11 is 4.26. The van der Waals surface area contributed by atoms with E-state index in [9.17, 15) is 0 Å². The van der Waals surface area contributed by atoms with Gasteiger partial charge >= 0.3 is 0 Å². The molecule has 1 fully saturated rings. The molecule has 2 atom stereocenters. The van der Waals surface area contributed by atoms with Gasteiger partial charge in [-0.15, -0.1) is 0 Å². The van der Waals surface area contributed by atoms with Crippen molar-refractivity contribution in [3.8, 4) is 0 Å². The lowest BCUT2D eigenvalue weighted by Crippen LogP contribution is -2.21. The van der Waals surface area contributed by atoms with Crippen molar-refractivity contribution in [1.82, 2.24) is 0 Å². The molecule has 0 amide bonds. The van der Waals surface area contributed by atoms with Crippen LogP contribution in [-0.4, -0.2) is 22.5 Å². The minimum atomic E-state index is 0.761. The molecular formula is C11H16S2. The SMILES string of the molecule is CC1=CC2CSCCCSC2C=C1. The maximum atomic E-state index is 2.45. The Labute approximate surface area is 89.2 Å². The summed E-state index contributed by atoms with van der Waals surface area (Å²) < 4.78 is 0. The molecule has 0 spiro atoms. The predicted molar refractivity (Wildman–Crippen MR) is 64.6 cm³/mol. The maximum Gasteiger partial charge on any atom is 0.0301 e. The number of hydrogen-bond acceptors (Lipinski definition) is 2. The van der Waals surface area contributed by atoms with Gasteiger partial charge in [0.1, 0.15) is 0 Å². The van der Waals surface area contributed by atoms with Crippen molar-refractivity contribution < 1.29 is 0 Å². The van der Waals surface area contributed by atoms with E-state index in [4.69, 9.17) is 0 Å². The van der Waals surface area contributed by atoms with Crippen LogP contribution in [0.4, 0.5) is 0 Å². The van der Waals surface area contributed by atoms with Crippen molar-refractivity contribution in [3.05, 3.63) is 23.8 Å². The quantitative estimate of drug-likeness (QED) is 0.604. The molecule has 0 aromatic heterocycles. The number of rotatable bonds is 0. The lowest BCUT2D eigenvalue weighted by Gasteiger charge is -2.26. The summed E-state index contributed by atoms with van der Waals surface area (Å²) in [5, 5.41) is 0.761.